The number of nitrogens with one attached hydrogen (secondary N) is 1. The van der Waals surface area contributed by atoms with Crippen LogP contribution in [0.15, 0.2) is 47.6 Å². The fourth-order valence-electron chi connectivity index (χ4n) is 3.04. The molecular formula is C18H20N4S. The van der Waals surface area contributed by atoms with E-state index in [2.05, 4.69) is 27.0 Å². The molecule has 118 valence electrons. The van der Waals surface area contributed by atoms with Crippen molar-refractivity contribution in [3.8, 4) is 11.4 Å². The van der Waals surface area contributed by atoms with Gasteiger partial charge in [-0.15, -0.1) is 11.8 Å². The predicted molar refractivity (Wildman–Crippen MR) is 95.7 cm³/mol. The van der Waals surface area contributed by atoms with E-state index in [1.165, 1.54) is 25.9 Å². The van der Waals surface area contributed by atoms with Gasteiger partial charge in [-0.05, 0) is 50.2 Å². The standard InChI is InChI=1S/C18H20N4S/c1-2-8-16-15(7-1)20-17(21-16)14-6-5-9-19-18(14)23-13-12-22-10-3-4-11-22/h1-2,5-9H,3-4,10-13H2,(H,20,21). The first kappa shape index (κ1) is 14.7. The van der Waals surface area contributed by atoms with Gasteiger partial charge < -0.3 is 9.88 Å². The monoisotopic (exact) mass is 324 g/mol. The van der Waals surface area contributed by atoms with Crippen LogP contribution < -0.4 is 0 Å². The highest BCUT2D eigenvalue weighted by atomic mass is 32.2. The molecule has 1 aromatic carbocycles. The van der Waals surface area contributed by atoms with Gasteiger partial charge in [-0.1, -0.05) is 12.1 Å². The van der Waals surface area contributed by atoms with Crippen LogP contribution in [0.1, 0.15) is 12.8 Å². The molecule has 0 aliphatic carbocycles. The van der Waals surface area contributed by atoms with Crippen LogP contribution in [0.2, 0.25) is 0 Å². The molecule has 0 unspecified atom stereocenters. The van der Waals surface area contributed by atoms with Crippen LogP contribution in [0.5, 0.6) is 0 Å². The van der Waals surface area contributed by atoms with Crippen LogP contribution in [0.4, 0.5) is 0 Å². The van der Waals surface area contributed by atoms with Crippen LogP contribution in [0.3, 0.4) is 0 Å². The summed E-state index contributed by atoms with van der Waals surface area (Å²) < 4.78 is 0. The Morgan fingerprint density at radius 3 is 2.83 bits per heavy atom. The maximum absolute atomic E-state index is 4.71. The van der Waals surface area contributed by atoms with Crippen LogP contribution >= 0.6 is 11.8 Å². The van der Waals surface area contributed by atoms with Crippen molar-refractivity contribution in [1.82, 2.24) is 19.9 Å². The lowest BCUT2D eigenvalue weighted by Gasteiger charge is -2.14. The number of aromatic amines is 1. The Kier molecular flexibility index (Phi) is 4.30. The van der Waals surface area contributed by atoms with E-state index in [1.807, 2.05) is 42.2 Å². The number of pyridine rings is 1. The highest BCUT2D eigenvalue weighted by Crippen LogP contribution is 2.29. The van der Waals surface area contributed by atoms with Crippen LogP contribution in [0, 0.1) is 0 Å². The first-order valence-electron chi connectivity index (χ1n) is 8.15. The fourth-order valence-corrected chi connectivity index (χ4v) is 4.04. The van der Waals surface area contributed by atoms with E-state index in [-0.39, 0.29) is 0 Å². The van der Waals surface area contributed by atoms with E-state index in [0.717, 1.165) is 39.7 Å². The van der Waals surface area contributed by atoms with Crippen molar-refractivity contribution < 1.29 is 0 Å². The van der Waals surface area contributed by atoms with Crippen LogP contribution in [0.25, 0.3) is 22.4 Å². The van der Waals surface area contributed by atoms with Gasteiger partial charge in [0.2, 0.25) is 0 Å². The van der Waals surface area contributed by atoms with Gasteiger partial charge in [0, 0.05) is 24.1 Å². The lowest BCUT2D eigenvalue weighted by atomic mass is 10.3. The van der Waals surface area contributed by atoms with Gasteiger partial charge >= 0.3 is 0 Å². The number of H-pyrrole nitrogens is 1. The van der Waals surface area contributed by atoms with Gasteiger partial charge in [0.25, 0.3) is 0 Å². The SMILES string of the molecule is c1cnc(SCCN2CCCC2)c(-c2nc3ccccc3[nH]2)c1. The minimum absolute atomic E-state index is 0.906. The second-order valence-electron chi connectivity index (χ2n) is 5.86. The van der Waals surface area contributed by atoms with Crippen molar-refractivity contribution in [1.29, 1.82) is 0 Å². The van der Waals surface area contributed by atoms with Crippen molar-refractivity contribution in [3.63, 3.8) is 0 Å². The quantitative estimate of drug-likeness (QED) is 0.725. The first-order chi connectivity index (χ1) is 11.4. The largest absolute Gasteiger partial charge is 0.338 e. The van der Waals surface area contributed by atoms with Crippen molar-refractivity contribution >= 4 is 22.8 Å². The normalized spacial score (nSPS) is 15.5. The van der Waals surface area contributed by atoms with E-state index in [0.29, 0.717) is 0 Å². The summed E-state index contributed by atoms with van der Waals surface area (Å²) in [5.74, 6) is 1.98. The van der Waals surface area contributed by atoms with Crippen molar-refractivity contribution in [3.05, 3.63) is 42.6 Å². The zero-order chi connectivity index (χ0) is 15.5. The number of thioether (sulfide) groups is 1. The molecule has 0 amide bonds. The number of rotatable bonds is 5. The van der Waals surface area contributed by atoms with Crippen molar-refractivity contribution in [2.24, 2.45) is 0 Å². The number of aromatic nitrogens is 3. The first-order valence-corrected chi connectivity index (χ1v) is 9.14. The number of hydrogen-bond acceptors (Lipinski definition) is 4. The molecule has 3 aromatic rings. The zero-order valence-corrected chi connectivity index (χ0v) is 13.9. The third-order valence-electron chi connectivity index (χ3n) is 4.26. The summed E-state index contributed by atoms with van der Waals surface area (Å²) in [5.41, 5.74) is 3.16. The van der Waals surface area contributed by atoms with Gasteiger partial charge in [-0.3, -0.25) is 0 Å². The minimum Gasteiger partial charge on any atom is -0.338 e. The van der Waals surface area contributed by atoms with E-state index >= 15 is 0 Å². The molecule has 1 fully saturated rings. The van der Waals surface area contributed by atoms with Gasteiger partial charge in [-0.2, -0.15) is 0 Å². The number of para-hydroxylation sites is 2. The molecule has 1 aliphatic rings. The van der Waals surface area contributed by atoms with Gasteiger partial charge in [0.05, 0.1) is 11.0 Å². The van der Waals surface area contributed by atoms with Crippen LogP contribution in [-0.2, 0) is 0 Å². The maximum atomic E-state index is 4.71. The number of fused-ring (bicyclic) bond motifs is 1. The van der Waals surface area contributed by atoms with Gasteiger partial charge in [-0.25, -0.2) is 9.97 Å². The van der Waals surface area contributed by atoms with Crippen molar-refractivity contribution in [2.75, 3.05) is 25.4 Å². The Morgan fingerprint density at radius 2 is 1.96 bits per heavy atom. The lowest BCUT2D eigenvalue weighted by Crippen LogP contribution is -2.21. The number of nitrogens with zero attached hydrogens (tertiary/aromatic N) is 3. The third-order valence-corrected chi connectivity index (χ3v) is 5.25. The summed E-state index contributed by atoms with van der Waals surface area (Å²) in [4.78, 5) is 15.2. The molecule has 0 bridgehead atoms. The summed E-state index contributed by atoms with van der Waals surface area (Å²) in [6, 6.07) is 12.2. The summed E-state index contributed by atoms with van der Waals surface area (Å²) in [5, 5.41) is 1.06. The molecule has 4 rings (SSSR count). The Bertz CT molecular complexity index is 759. The molecular weight excluding hydrogens is 304 g/mol. The van der Waals surface area contributed by atoms with E-state index in [9.17, 15) is 0 Å². The zero-order valence-electron chi connectivity index (χ0n) is 13.0. The molecule has 2 aromatic heterocycles. The Labute approximate surface area is 140 Å². The molecule has 1 saturated heterocycles. The second-order valence-corrected chi connectivity index (χ2v) is 6.94. The minimum atomic E-state index is 0.906. The molecule has 23 heavy (non-hydrogen) atoms. The average molecular weight is 324 g/mol. The molecule has 0 radical (unpaired) electrons. The Balaban J connectivity index is 1.53. The Morgan fingerprint density at radius 1 is 1.09 bits per heavy atom. The highest BCUT2D eigenvalue weighted by Gasteiger charge is 2.13. The summed E-state index contributed by atoms with van der Waals surface area (Å²) in [7, 11) is 0. The maximum Gasteiger partial charge on any atom is 0.141 e. The molecule has 5 heteroatoms. The predicted octanol–water partition coefficient (Wildman–Crippen LogP) is 3.81. The average Bonchev–Trinajstić information content (AvgIpc) is 3.24. The van der Waals surface area contributed by atoms with E-state index < -0.39 is 0 Å². The smallest absolute Gasteiger partial charge is 0.141 e. The summed E-state index contributed by atoms with van der Waals surface area (Å²) in [6.07, 6.45) is 4.56. The summed E-state index contributed by atoms with van der Waals surface area (Å²) >= 11 is 1.83. The van der Waals surface area contributed by atoms with Crippen LogP contribution in [-0.4, -0.2) is 45.2 Å². The topological polar surface area (TPSA) is 44.8 Å². The fraction of sp³-hybridized carbons (Fsp3) is 0.333. The van der Waals surface area contributed by atoms with Gasteiger partial charge in [0.1, 0.15) is 10.9 Å². The van der Waals surface area contributed by atoms with Crippen molar-refractivity contribution in [2.45, 2.75) is 17.9 Å². The molecule has 1 N–H and O–H groups in total. The molecule has 0 saturated carbocycles. The number of benzene rings is 1. The summed E-state index contributed by atoms with van der Waals surface area (Å²) in [6.45, 7) is 3.64. The highest BCUT2D eigenvalue weighted by molar-refractivity contribution is 7.99. The number of likely N-dealkylation sites (tertiary alicyclic amines) is 1. The second kappa shape index (κ2) is 6.72. The Hall–Kier alpha value is -1.85. The molecule has 0 atom stereocenters. The number of hydrogen-bond donors (Lipinski definition) is 1. The van der Waals surface area contributed by atoms with E-state index in [1.54, 1.807) is 0 Å². The number of imidazole rings is 1. The van der Waals surface area contributed by atoms with E-state index in [4.69, 9.17) is 4.98 Å². The molecule has 1 aliphatic heterocycles. The molecule has 4 nitrogen and oxygen atoms in total. The molecule has 0 spiro atoms. The molecule has 3 heterocycles. The third kappa shape index (κ3) is 3.26. The van der Waals surface area contributed by atoms with Gasteiger partial charge in [0.15, 0.2) is 0 Å². The lowest BCUT2D eigenvalue weighted by molar-refractivity contribution is 0.362.